The van der Waals surface area contributed by atoms with Gasteiger partial charge in [-0.05, 0) is 38.6 Å². The topological polar surface area (TPSA) is 12.0 Å². The predicted octanol–water partition coefficient (Wildman–Crippen LogP) is 3.87. The number of nitrogens with one attached hydrogen (secondary N) is 1. The monoisotopic (exact) mass is 303 g/mol. The second-order valence-corrected chi connectivity index (χ2v) is 7.02. The molecule has 0 fully saturated rings. The lowest BCUT2D eigenvalue weighted by molar-refractivity contribution is 0.466. The fourth-order valence-electron chi connectivity index (χ4n) is 2.25. The molecule has 4 heteroatoms. The van der Waals surface area contributed by atoms with Crippen LogP contribution in [0.25, 0.3) is 0 Å². The van der Waals surface area contributed by atoms with E-state index in [1.165, 1.54) is 6.07 Å². The van der Waals surface area contributed by atoms with E-state index in [0.29, 0.717) is 0 Å². The highest BCUT2D eigenvalue weighted by molar-refractivity contribution is 9.10. The van der Waals surface area contributed by atoms with Crippen molar-refractivity contribution < 1.29 is 4.39 Å². The first-order valence-electron chi connectivity index (χ1n) is 5.25. The lowest BCUT2D eigenvalue weighted by Crippen LogP contribution is -2.38. The highest BCUT2D eigenvalue weighted by Gasteiger charge is 2.37. The first-order chi connectivity index (χ1) is 7.47. The van der Waals surface area contributed by atoms with Crippen molar-refractivity contribution in [3.63, 3.8) is 0 Å². The molecule has 1 unspecified atom stereocenters. The first kappa shape index (κ1) is 12.4. The standard InChI is InChI=1S/C12H15BrFNS/c1-12(2)11(15-3)10-7(6-16-12)9(14)5-4-8(10)13/h4-5,11,15H,6H2,1-3H3. The summed E-state index contributed by atoms with van der Waals surface area (Å²) in [6, 6.07) is 3.50. The van der Waals surface area contributed by atoms with Crippen LogP contribution in [0.4, 0.5) is 4.39 Å². The number of thioether (sulfide) groups is 1. The van der Waals surface area contributed by atoms with Crippen LogP contribution in [0.3, 0.4) is 0 Å². The Kier molecular flexibility index (Phi) is 3.34. The Labute approximate surface area is 108 Å². The fourth-order valence-corrected chi connectivity index (χ4v) is 4.06. The third kappa shape index (κ3) is 1.91. The summed E-state index contributed by atoms with van der Waals surface area (Å²) in [5.41, 5.74) is 1.91. The van der Waals surface area contributed by atoms with Gasteiger partial charge in [0, 0.05) is 26.6 Å². The Morgan fingerprint density at radius 1 is 1.50 bits per heavy atom. The molecule has 1 aromatic rings. The predicted molar refractivity (Wildman–Crippen MR) is 71.3 cm³/mol. The van der Waals surface area contributed by atoms with E-state index < -0.39 is 0 Å². The molecule has 1 atom stereocenters. The zero-order valence-electron chi connectivity index (χ0n) is 9.60. The van der Waals surface area contributed by atoms with Gasteiger partial charge >= 0.3 is 0 Å². The zero-order valence-corrected chi connectivity index (χ0v) is 12.0. The van der Waals surface area contributed by atoms with E-state index in [1.54, 1.807) is 17.8 Å². The maximum absolute atomic E-state index is 13.8. The van der Waals surface area contributed by atoms with Crippen molar-refractivity contribution in [2.24, 2.45) is 0 Å². The fraction of sp³-hybridized carbons (Fsp3) is 0.500. The Morgan fingerprint density at radius 3 is 2.81 bits per heavy atom. The molecule has 1 N–H and O–H groups in total. The molecule has 1 aliphatic heterocycles. The zero-order chi connectivity index (χ0) is 11.9. The van der Waals surface area contributed by atoms with Gasteiger partial charge in [0.1, 0.15) is 5.82 Å². The Balaban J connectivity index is 2.61. The van der Waals surface area contributed by atoms with Crippen molar-refractivity contribution in [3.8, 4) is 0 Å². The molecule has 0 radical (unpaired) electrons. The van der Waals surface area contributed by atoms with E-state index >= 15 is 0 Å². The van der Waals surface area contributed by atoms with Crippen LogP contribution in [-0.4, -0.2) is 11.8 Å². The summed E-state index contributed by atoms with van der Waals surface area (Å²) in [6.45, 7) is 4.39. The molecule has 0 spiro atoms. The number of benzene rings is 1. The van der Waals surface area contributed by atoms with Gasteiger partial charge in [0.05, 0.1) is 0 Å². The molecular weight excluding hydrogens is 289 g/mol. The largest absolute Gasteiger partial charge is 0.312 e. The van der Waals surface area contributed by atoms with Gasteiger partial charge in [0.15, 0.2) is 0 Å². The smallest absolute Gasteiger partial charge is 0.127 e. The average molecular weight is 304 g/mol. The summed E-state index contributed by atoms with van der Waals surface area (Å²) in [4.78, 5) is 0. The molecule has 1 aromatic carbocycles. The molecule has 1 aliphatic rings. The molecular formula is C12H15BrFNS. The summed E-state index contributed by atoms with van der Waals surface area (Å²) >= 11 is 5.33. The van der Waals surface area contributed by atoms with E-state index in [1.807, 2.05) is 7.05 Å². The molecule has 0 aliphatic carbocycles. The normalized spacial score (nSPS) is 22.9. The Bertz CT molecular complexity index is 420. The first-order valence-corrected chi connectivity index (χ1v) is 7.03. The Morgan fingerprint density at radius 2 is 2.19 bits per heavy atom. The van der Waals surface area contributed by atoms with E-state index in [2.05, 4.69) is 35.1 Å². The molecule has 0 saturated heterocycles. The molecule has 2 rings (SSSR count). The highest BCUT2D eigenvalue weighted by Crippen LogP contribution is 2.48. The summed E-state index contributed by atoms with van der Waals surface area (Å²) in [6.07, 6.45) is 0. The lowest BCUT2D eigenvalue weighted by Gasteiger charge is -2.40. The van der Waals surface area contributed by atoms with Gasteiger partial charge in [-0.15, -0.1) is 11.8 Å². The average Bonchev–Trinajstić information content (AvgIpc) is 2.22. The van der Waals surface area contributed by atoms with Crippen molar-refractivity contribution in [2.75, 3.05) is 7.05 Å². The molecule has 0 bridgehead atoms. The maximum Gasteiger partial charge on any atom is 0.127 e. The molecule has 1 heterocycles. The molecule has 0 amide bonds. The van der Waals surface area contributed by atoms with Gasteiger partial charge in [-0.1, -0.05) is 15.9 Å². The highest BCUT2D eigenvalue weighted by atomic mass is 79.9. The van der Waals surface area contributed by atoms with E-state index in [4.69, 9.17) is 0 Å². The second kappa shape index (κ2) is 4.31. The molecule has 1 nitrogen and oxygen atoms in total. The van der Waals surface area contributed by atoms with Gasteiger partial charge in [0.25, 0.3) is 0 Å². The number of fused-ring (bicyclic) bond motifs is 1. The van der Waals surface area contributed by atoms with Gasteiger partial charge in [-0.3, -0.25) is 0 Å². The van der Waals surface area contributed by atoms with Crippen LogP contribution in [0.1, 0.15) is 31.0 Å². The van der Waals surface area contributed by atoms with Crippen LogP contribution in [-0.2, 0) is 5.75 Å². The van der Waals surface area contributed by atoms with Crippen molar-refractivity contribution in [3.05, 3.63) is 33.5 Å². The van der Waals surface area contributed by atoms with Crippen LogP contribution in [0.2, 0.25) is 0 Å². The van der Waals surface area contributed by atoms with Crippen LogP contribution in [0.15, 0.2) is 16.6 Å². The van der Waals surface area contributed by atoms with Gasteiger partial charge < -0.3 is 5.32 Å². The van der Waals surface area contributed by atoms with E-state index in [9.17, 15) is 4.39 Å². The summed E-state index contributed by atoms with van der Waals surface area (Å²) < 4.78 is 14.8. The SMILES string of the molecule is CNC1c2c(Br)ccc(F)c2CSC1(C)C. The third-order valence-corrected chi connectivity index (χ3v) is 5.21. The third-order valence-electron chi connectivity index (χ3n) is 3.11. The van der Waals surface area contributed by atoms with Crippen molar-refractivity contribution in [2.45, 2.75) is 30.4 Å². The van der Waals surface area contributed by atoms with Crippen LogP contribution < -0.4 is 5.32 Å². The lowest BCUT2D eigenvalue weighted by atomic mass is 9.91. The van der Waals surface area contributed by atoms with Crippen LogP contribution in [0, 0.1) is 5.82 Å². The number of halogens is 2. The van der Waals surface area contributed by atoms with Crippen LogP contribution >= 0.6 is 27.7 Å². The molecule has 88 valence electrons. The van der Waals surface area contributed by atoms with Crippen molar-refractivity contribution in [1.29, 1.82) is 0 Å². The van der Waals surface area contributed by atoms with Crippen molar-refractivity contribution in [1.82, 2.24) is 5.32 Å². The van der Waals surface area contributed by atoms with E-state index in [-0.39, 0.29) is 16.6 Å². The van der Waals surface area contributed by atoms with E-state index in [0.717, 1.165) is 21.4 Å². The summed E-state index contributed by atoms with van der Waals surface area (Å²) in [5, 5.41) is 3.30. The molecule has 0 aromatic heterocycles. The minimum Gasteiger partial charge on any atom is -0.312 e. The van der Waals surface area contributed by atoms with Crippen molar-refractivity contribution >= 4 is 27.7 Å². The minimum atomic E-state index is -0.0959. The quantitative estimate of drug-likeness (QED) is 0.845. The summed E-state index contributed by atoms with van der Waals surface area (Å²) in [5.74, 6) is 0.646. The van der Waals surface area contributed by atoms with Crippen LogP contribution in [0.5, 0.6) is 0 Å². The Hall–Kier alpha value is -0.0600. The summed E-state index contributed by atoms with van der Waals surface area (Å²) in [7, 11) is 1.93. The number of hydrogen-bond acceptors (Lipinski definition) is 2. The molecule has 16 heavy (non-hydrogen) atoms. The van der Waals surface area contributed by atoms with Gasteiger partial charge in [-0.2, -0.15) is 0 Å². The second-order valence-electron chi connectivity index (χ2n) is 4.54. The van der Waals surface area contributed by atoms with Gasteiger partial charge in [0.2, 0.25) is 0 Å². The number of rotatable bonds is 1. The number of hydrogen-bond donors (Lipinski definition) is 1. The maximum atomic E-state index is 13.8. The van der Waals surface area contributed by atoms with Gasteiger partial charge in [-0.25, -0.2) is 4.39 Å². The minimum absolute atomic E-state index is 0.0814. The molecule has 0 saturated carbocycles.